The molecule has 0 spiro atoms. The van der Waals surface area contributed by atoms with Gasteiger partial charge in [-0.25, -0.2) is 4.39 Å². The number of H-pyrrole nitrogens is 1. The van der Waals surface area contributed by atoms with Gasteiger partial charge in [-0.05, 0) is 72.4 Å². The molecule has 30 heavy (non-hydrogen) atoms. The van der Waals surface area contributed by atoms with Crippen molar-refractivity contribution >= 4 is 22.7 Å². The number of ether oxygens (including phenoxy) is 2. The van der Waals surface area contributed by atoms with Crippen molar-refractivity contribution in [1.82, 2.24) is 4.98 Å². The molecule has 2 aromatic carbocycles. The first kappa shape index (κ1) is 20.9. The van der Waals surface area contributed by atoms with Crippen LogP contribution in [0.4, 0.5) is 4.39 Å². The average Bonchev–Trinajstić information content (AvgIpc) is 2.74. The van der Waals surface area contributed by atoms with Crippen LogP contribution in [0.3, 0.4) is 0 Å². The van der Waals surface area contributed by atoms with Crippen LogP contribution in [-0.2, 0) is 9.48 Å². The zero-order chi connectivity index (χ0) is 21.1. The third kappa shape index (κ3) is 4.40. The standard InChI is InChI=1S/C24H26FNO3S/c1-3-30-24(8-10-28-11-9-24)19-13-20(25)15-21(14-19)29-16(2)17-4-6-22-18(12-17)5-7-23(27)26-22/h4-7,12-16H,3,8-11H2,1-2H3,(H,26,27). The number of pyridine rings is 1. The largest absolute Gasteiger partial charge is 0.486 e. The van der Waals surface area contributed by atoms with Gasteiger partial charge in [-0.2, -0.15) is 11.8 Å². The molecule has 1 unspecified atom stereocenters. The monoisotopic (exact) mass is 427 g/mol. The van der Waals surface area contributed by atoms with Crippen LogP contribution >= 0.6 is 11.8 Å². The fourth-order valence-corrected chi connectivity index (χ4v) is 5.38. The van der Waals surface area contributed by atoms with E-state index in [1.54, 1.807) is 12.1 Å². The second kappa shape index (κ2) is 8.82. The number of aromatic amines is 1. The van der Waals surface area contributed by atoms with E-state index in [2.05, 4.69) is 11.9 Å². The van der Waals surface area contributed by atoms with Crippen LogP contribution < -0.4 is 10.3 Å². The van der Waals surface area contributed by atoms with Crippen LogP contribution in [-0.4, -0.2) is 24.0 Å². The Labute approximate surface area is 179 Å². The van der Waals surface area contributed by atoms with Crippen LogP contribution in [0.2, 0.25) is 0 Å². The van der Waals surface area contributed by atoms with Gasteiger partial charge >= 0.3 is 0 Å². The quantitative estimate of drug-likeness (QED) is 0.559. The molecule has 158 valence electrons. The number of benzene rings is 2. The SMILES string of the molecule is CCSC1(c2cc(F)cc(OC(C)c3ccc4[nH]c(=O)ccc4c3)c2)CCOCC1. The molecule has 1 aliphatic rings. The van der Waals surface area contributed by atoms with Crippen LogP contribution in [0, 0.1) is 5.82 Å². The first-order valence-corrected chi connectivity index (χ1v) is 11.3. The van der Waals surface area contributed by atoms with E-state index in [9.17, 15) is 9.18 Å². The van der Waals surface area contributed by atoms with Gasteiger partial charge in [-0.3, -0.25) is 4.79 Å². The molecule has 0 bridgehead atoms. The molecule has 1 saturated heterocycles. The lowest BCUT2D eigenvalue weighted by Crippen LogP contribution is -2.31. The van der Waals surface area contributed by atoms with Gasteiger partial charge in [0.15, 0.2) is 0 Å². The summed E-state index contributed by atoms with van der Waals surface area (Å²) in [5.74, 6) is 1.21. The minimum atomic E-state index is -0.284. The maximum Gasteiger partial charge on any atom is 0.248 e. The summed E-state index contributed by atoms with van der Waals surface area (Å²) in [5, 5.41) is 0.933. The van der Waals surface area contributed by atoms with Crippen molar-refractivity contribution in [2.45, 2.75) is 37.5 Å². The minimum Gasteiger partial charge on any atom is -0.486 e. The molecule has 1 atom stereocenters. The highest BCUT2D eigenvalue weighted by molar-refractivity contribution is 8.00. The van der Waals surface area contributed by atoms with E-state index in [1.807, 2.05) is 43.0 Å². The minimum absolute atomic E-state index is 0.126. The van der Waals surface area contributed by atoms with Gasteiger partial charge in [0, 0.05) is 35.6 Å². The Morgan fingerprint density at radius 1 is 1.17 bits per heavy atom. The highest BCUT2D eigenvalue weighted by Gasteiger charge is 2.35. The molecule has 0 radical (unpaired) electrons. The predicted molar refractivity (Wildman–Crippen MR) is 120 cm³/mol. The summed E-state index contributed by atoms with van der Waals surface area (Å²) in [6.07, 6.45) is 1.47. The maximum absolute atomic E-state index is 14.5. The summed E-state index contributed by atoms with van der Waals surface area (Å²) in [4.78, 5) is 14.3. The van der Waals surface area contributed by atoms with Gasteiger partial charge < -0.3 is 14.5 Å². The van der Waals surface area contributed by atoms with Crippen molar-refractivity contribution in [2.24, 2.45) is 0 Å². The van der Waals surface area contributed by atoms with Crippen LogP contribution in [0.5, 0.6) is 5.75 Å². The summed E-state index contributed by atoms with van der Waals surface area (Å²) in [6.45, 7) is 5.46. The fraction of sp³-hybridized carbons (Fsp3) is 0.375. The molecule has 3 aromatic rings. The number of thioether (sulfide) groups is 1. The van der Waals surface area contributed by atoms with Crippen molar-refractivity contribution in [3.8, 4) is 5.75 Å². The lowest BCUT2D eigenvalue weighted by Gasteiger charge is -2.37. The number of nitrogens with one attached hydrogen (secondary N) is 1. The molecule has 2 heterocycles. The van der Waals surface area contributed by atoms with Gasteiger partial charge in [0.1, 0.15) is 17.7 Å². The Morgan fingerprint density at radius 3 is 2.73 bits per heavy atom. The Morgan fingerprint density at radius 2 is 1.97 bits per heavy atom. The molecule has 4 nitrogen and oxygen atoms in total. The van der Waals surface area contributed by atoms with Gasteiger partial charge in [0.2, 0.25) is 5.56 Å². The summed E-state index contributed by atoms with van der Waals surface area (Å²) in [5.41, 5.74) is 2.59. The normalized spacial score (nSPS) is 17.0. The number of hydrogen-bond acceptors (Lipinski definition) is 4. The van der Waals surface area contributed by atoms with Crippen molar-refractivity contribution in [3.63, 3.8) is 0 Å². The summed E-state index contributed by atoms with van der Waals surface area (Å²) in [6, 6.07) is 14.2. The third-order valence-electron chi connectivity index (χ3n) is 5.65. The molecular weight excluding hydrogens is 401 g/mol. The summed E-state index contributed by atoms with van der Waals surface area (Å²) in [7, 11) is 0. The zero-order valence-electron chi connectivity index (χ0n) is 17.2. The lowest BCUT2D eigenvalue weighted by molar-refractivity contribution is 0.0767. The first-order valence-electron chi connectivity index (χ1n) is 10.3. The highest BCUT2D eigenvalue weighted by atomic mass is 32.2. The van der Waals surface area contributed by atoms with E-state index < -0.39 is 0 Å². The van der Waals surface area contributed by atoms with Gasteiger partial charge in [-0.1, -0.05) is 13.0 Å². The molecule has 6 heteroatoms. The first-order chi connectivity index (χ1) is 14.5. The van der Waals surface area contributed by atoms with Gasteiger partial charge in [-0.15, -0.1) is 0 Å². The fourth-order valence-electron chi connectivity index (χ4n) is 4.09. The Balaban J connectivity index is 1.61. The number of hydrogen-bond donors (Lipinski definition) is 1. The van der Waals surface area contributed by atoms with Gasteiger partial charge in [0.05, 0.1) is 0 Å². The molecule has 4 rings (SSSR count). The maximum atomic E-state index is 14.5. The molecule has 1 aliphatic heterocycles. The van der Waals surface area contributed by atoms with E-state index >= 15 is 0 Å². The number of fused-ring (bicyclic) bond motifs is 1. The van der Waals surface area contributed by atoms with Crippen molar-refractivity contribution in [2.75, 3.05) is 19.0 Å². The second-order valence-electron chi connectivity index (χ2n) is 7.64. The number of aromatic nitrogens is 1. The summed E-state index contributed by atoms with van der Waals surface area (Å²) < 4.78 is 26.1. The Hall–Kier alpha value is -2.31. The van der Waals surface area contributed by atoms with Crippen LogP contribution in [0.15, 0.2) is 53.3 Å². The molecule has 0 saturated carbocycles. The summed E-state index contributed by atoms with van der Waals surface area (Å²) >= 11 is 1.86. The Kier molecular flexibility index (Phi) is 6.16. The molecule has 1 N–H and O–H groups in total. The predicted octanol–water partition coefficient (Wildman–Crippen LogP) is 5.57. The van der Waals surface area contributed by atoms with E-state index in [1.165, 1.54) is 12.1 Å². The van der Waals surface area contributed by atoms with Crippen molar-refractivity contribution in [1.29, 1.82) is 0 Å². The molecule has 0 amide bonds. The molecule has 1 aromatic heterocycles. The zero-order valence-corrected chi connectivity index (χ0v) is 18.1. The molecule has 0 aliphatic carbocycles. The van der Waals surface area contributed by atoms with Crippen LogP contribution in [0.25, 0.3) is 10.9 Å². The van der Waals surface area contributed by atoms with Crippen molar-refractivity contribution < 1.29 is 13.9 Å². The number of rotatable bonds is 6. The van der Waals surface area contributed by atoms with E-state index in [0.29, 0.717) is 19.0 Å². The third-order valence-corrected chi connectivity index (χ3v) is 7.13. The van der Waals surface area contributed by atoms with E-state index in [4.69, 9.17) is 9.47 Å². The molecular formula is C24H26FNO3S. The van der Waals surface area contributed by atoms with Crippen LogP contribution in [0.1, 0.15) is 43.9 Å². The topological polar surface area (TPSA) is 51.3 Å². The lowest BCUT2D eigenvalue weighted by atomic mass is 9.90. The smallest absolute Gasteiger partial charge is 0.248 e. The average molecular weight is 428 g/mol. The Bertz CT molecular complexity index is 1090. The highest BCUT2D eigenvalue weighted by Crippen LogP contribution is 2.46. The van der Waals surface area contributed by atoms with Crippen molar-refractivity contribution in [3.05, 3.63) is 75.8 Å². The van der Waals surface area contributed by atoms with E-state index in [-0.39, 0.29) is 22.2 Å². The van der Waals surface area contributed by atoms with Gasteiger partial charge in [0.25, 0.3) is 0 Å². The second-order valence-corrected chi connectivity index (χ2v) is 9.29. The molecule has 1 fully saturated rings. The van der Waals surface area contributed by atoms with E-state index in [0.717, 1.165) is 40.6 Å². The number of halogens is 1.